The maximum Gasteiger partial charge on any atom is 0.259 e. The number of aromatic nitrogens is 1. The molecular formula is C18H18N4O2S. The number of nitrogen functional groups attached to an aromatic ring is 1. The van der Waals surface area contributed by atoms with Gasteiger partial charge in [-0.25, -0.2) is 4.98 Å². The molecule has 0 aliphatic rings. The highest BCUT2D eigenvalue weighted by atomic mass is 32.1. The minimum absolute atomic E-state index is 0.0949. The number of pyridine rings is 1. The monoisotopic (exact) mass is 354 g/mol. The van der Waals surface area contributed by atoms with Crippen LogP contribution in [0.3, 0.4) is 0 Å². The van der Waals surface area contributed by atoms with Gasteiger partial charge in [0.1, 0.15) is 5.82 Å². The van der Waals surface area contributed by atoms with Crippen molar-refractivity contribution in [1.82, 2.24) is 10.3 Å². The molecule has 2 aromatic heterocycles. The van der Waals surface area contributed by atoms with Gasteiger partial charge in [-0.2, -0.15) is 0 Å². The van der Waals surface area contributed by atoms with Crippen LogP contribution in [0.1, 0.15) is 27.2 Å². The molecule has 0 atom stereocenters. The van der Waals surface area contributed by atoms with Gasteiger partial charge in [-0.15, -0.1) is 11.3 Å². The Balaban J connectivity index is 1.65. The molecule has 5 N–H and O–H groups in total. The summed E-state index contributed by atoms with van der Waals surface area (Å²) < 4.78 is 1.000. The molecular weight excluding hydrogens is 336 g/mol. The number of thiophene rings is 1. The summed E-state index contributed by atoms with van der Waals surface area (Å²) in [5.41, 5.74) is 12.7. The summed E-state index contributed by atoms with van der Waals surface area (Å²) in [5, 5.41) is 3.83. The van der Waals surface area contributed by atoms with Gasteiger partial charge in [0.05, 0.1) is 4.88 Å². The van der Waals surface area contributed by atoms with Crippen LogP contribution >= 0.6 is 11.3 Å². The quantitative estimate of drug-likeness (QED) is 0.630. The Bertz CT molecular complexity index is 918. The second-order valence-electron chi connectivity index (χ2n) is 5.64. The van der Waals surface area contributed by atoms with Crippen molar-refractivity contribution in [3.05, 3.63) is 58.6 Å². The number of anilines is 1. The highest BCUT2D eigenvalue weighted by Gasteiger charge is 2.16. The van der Waals surface area contributed by atoms with Crippen molar-refractivity contribution in [2.24, 2.45) is 5.73 Å². The number of fused-ring (bicyclic) bond motifs is 1. The molecule has 0 radical (unpaired) electrons. The van der Waals surface area contributed by atoms with Gasteiger partial charge in [0.2, 0.25) is 5.91 Å². The molecule has 0 aliphatic heterocycles. The van der Waals surface area contributed by atoms with Gasteiger partial charge < -0.3 is 16.8 Å². The van der Waals surface area contributed by atoms with E-state index in [0.29, 0.717) is 23.7 Å². The topological polar surface area (TPSA) is 111 Å². The molecule has 0 saturated carbocycles. The van der Waals surface area contributed by atoms with Gasteiger partial charge in [-0.1, -0.05) is 24.3 Å². The third kappa shape index (κ3) is 3.95. The highest BCUT2D eigenvalue weighted by Crippen LogP contribution is 2.31. The Morgan fingerprint density at radius 2 is 1.96 bits per heavy atom. The molecule has 25 heavy (non-hydrogen) atoms. The van der Waals surface area contributed by atoms with Crippen molar-refractivity contribution < 1.29 is 9.59 Å². The first-order valence-corrected chi connectivity index (χ1v) is 8.63. The number of rotatable bonds is 6. The zero-order valence-electron chi connectivity index (χ0n) is 13.5. The second-order valence-corrected chi connectivity index (χ2v) is 6.69. The molecule has 2 heterocycles. The summed E-state index contributed by atoms with van der Waals surface area (Å²) in [6.45, 7) is 0.388. The van der Waals surface area contributed by atoms with Crippen LogP contribution in [0.25, 0.3) is 10.1 Å². The lowest BCUT2D eigenvalue weighted by Crippen LogP contribution is -2.23. The van der Waals surface area contributed by atoms with E-state index in [1.54, 1.807) is 12.3 Å². The molecule has 2 amide bonds. The number of nitrogens with zero attached hydrogens (tertiary/aromatic N) is 1. The molecule has 3 rings (SSSR count). The molecule has 0 aliphatic carbocycles. The number of carbonyl (C=O) groups excluding carboxylic acids is 2. The van der Waals surface area contributed by atoms with Crippen LogP contribution in [0.5, 0.6) is 0 Å². The zero-order chi connectivity index (χ0) is 17.8. The Hall–Kier alpha value is -2.93. The van der Waals surface area contributed by atoms with Gasteiger partial charge >= 0.3 is 0 Å². The second kappa shape index (κ2) is 7.31. The maximum atomic E-state index is 12.1. The predicted octanol–water partition coefficient (Wildman–Crippen LogP) is 2.23. The number of hydrogen-bond donors (Lipinski definition) is 3. The molecule has 6 nitrogen and oxygen atoms in total. The summed E-state index contributed by atoms with van der Waals surface area (Å²) in [6.07, 6.45) is 2.38. The normalized spacial score (nSPS) is 10.7. The predicted molar refractivity (Wildman–Crippen MR) is 99.2 cm³/mol. The Morgan fingerprint density at radius 1 is 1.16 bits per heavy atom. The van der Waals surface area contributed by atoms with Crippen molar-refractivity contribution in [1.29, 1.82) is 0 Å². The fourth-order valence-electron chi connectivity index (χ4n) is 2.61. The van der Waals surface area contributed by atoms with Crippen molar-refractivity contribution in [2.45, 2.75) is 19.4 Å². The van der Waals surface area contributed by atoms with Crippen molar-refractivity contribution in [2.75, 3.05) is 5.73 Å². The molecule has 1 aromatic carbocycles. The van der Waals surface area contributed by atoms with Gasteiger partial charge in [-0.3, -0.25) is 9.59 Å². The van der Waals surface area contributed by atoms with Crippen LogP contribution in [0.4, 0.5) is 5.82 Å². The molecule has 0 spiro atoms. The van der Waals surface area contributed by atoms with Crippen LogP contribution in [-0.2, 0) is 17.8 Å². The van der Waals surface area contributed by atoms with E-state index in [-0.39, 0.29) is 12.3 Å². The number of amides is 2. The average molecular weight is 354 g/mol. The fourth-order valence-corrected chi connectivity index (χ4v) is 3.72. The van der Waals surface area contributed by atoms with E-state index >= 15 is 0 Å². The van der Waals surface area contributed by atoms with E-state index in [0.717, 1.165) is 21.2 Å². The summed E-state index contributed by atoms with van der Waals surface area (Å²) in [6, 6.07) is 11.2. The number of aryl methyl sites for hydroxylation is 1. The van der Waals surface area contributed by atoms with E-state index in [9.17, 15) is 9.59 Å². The largest absolute Gasteiger partial charge is 0.384 e. The average Bonchev–Trinajstić information content (AvgIpc) is 2.98. The number of hydrogen-bond acceptors (Lipinski definition) is 5. The Labute approximate surface area is 148 Å². The minimum Gasteiger partial charge on any atom is -0.384 e. The first-order valence-electron chi connectivity index (χ1n) is 7.82. The summed E-state index contributed by atoms with van der Waals surface area (Å²) in [7, 11) is 0. The van der Waals surface area contributed by atoms with E-state index in [4.69, 9.17) is 11.5 Å². The van der Waals surface area contributed by atoms with E-state index in [1.165, 1.54) is 11.3 Å². The van der Waals surface area contributed by atoms with Crippen LogP contribution in [0.15, 0.2) is 42.6 Å². The molecule has 7 heteroatoms. The first-order chi connectivity index (χ1) is 12.0. The van der Waals surface area contributed by atoms with Crippen molar-refractivity contribution in [3.63, 3.8) is 0 Å². The molecule has 0 bridgehead atoms. The Morgan fingerprint density at radius 3 is 2.68 bits per heavy atom. The van der Waals surface area contributed by atoms with E-state index in [2.05, 4.69) is 10.3 Å². The van der Waals surface area contributed by atoms with Crippen LogP contribution in [-0.4, -0.2) is 16.8 Å². The van der Waals surface area contributed by atoms with E-state index in [1.807, 2.05) is 30.3 Å². The van der Waals surface area contributed by atoms with Crippen LogP contribution < -0.4 is 16.8 Å². The summed E-state index contributed by atoms with van der Waals surface area (Å²) >= 11 is 1.37. The molecule has 0 unspecified atom stereocenters. The SMILES string of the molecule is NC(=O)c1sc2ccccc2c1CCC(=O)NCc1ccc(N)nc1. The fraction of sp³-hybridized carbons (Fsp3) is 0.167. The number of benzene rings is 1. The van der Waals surface area contributed by atoms with Crippen LogP contribution in [0, 0.1) is 0 Å². The number of nitrogens with two attached hydrogens (primary N) is 2. The minimum atomic E-state index is -0.454. The van der Waals surface area contributed by atoms with Gasteiger partial charge in [0.15, 0.2) is 0 Å². The standard InChI is InChI=1S/C18H18N4O2S/c19-15-7-5-11(9-21-15)10-22-16(23)8-6-13-12-3-1-2-4-14(12)25-17(13)18(20)24/h1-5,7,9H,6,8,10H2,(H2,19,21)(H2,20,24)(H,22,23). The molecule has 128 valence electrons. The lowest BCUT2D eigenvalue weighted by molar-refractivity contribution is -0.121. The number of primary amides is 1. The third-order valence-electron chi connectivity index (χ3n) is 3.86. The zero-order valence-corrected chi connectivity index (χ0v) is 14.3. The number of carbonyl (C=O) groups is 2. The number of nitrogens with one attached hydrogen (secondary N) is 1. The summed E-state index contributed by atoms with van der Waals surface area (Å²) in [5.74, 6) is -0.106. The van der Waals surface area contributed by atoms with Gasteiger partial charge in [-0.05, 0) is 35.1 Å². The first kappa shape index (κ1) is 16.9. The molecule has 0 saturated heterocycles. The van der Waals surface area contributed by atoms with Crippen molar-refractivity contribution in [3.8, 4) is 0 Å². The van der Waals surface area contributed by atoms with Gasteiger partial charge in [0, 0.05) is 23.9 Å². The maximum absolute atomic E-state index is 12.1. The highest BCUT2D eigenvalue weighted by molar-refractivity contribution is 7.21. The van der Waals surface area contributed by atoms with Gasteiger partial charge in [0.25, 0.3) is 5.91 Å². The van der Waals surface area contributed by atoms with Crippen molar-refractivity contribution >= 4 is 39.1 Å². The lowest BCUT2D eigenvalue weighted by Gasteiger charge is -2.06. The van der Waals surface area contributed by atoms with Crippen LogP contribution in [0.2, 0.25) is 0 Å². The smallest absolute Gasteiger partial charge is 0.259 e. The molecule has 0 fully saturated rings. The third-order valence-corrected chi connectivity index (χ3v) is 5.09. The lowest BCUT2D eigenvalue weighted by atomic mass is 10.0. The summed E-state index contributed by atoms with van der Waals surface area (Å²) in [4.78, 5) is 28.3. The van der Waals surface area contributed by atoms with E-state index < -0.39 is 5.91 Å². The Kier molecular flexibility index (Phi) is 4.95. The molecule has 3 aromatic rings.